The summed E-state index contributed by atoms with van der Waals surface area (Å²) in [5, 5.41) is 8.99. The molecule has 0 aromatic heterocycles. The van der Waals surface area contributed by atoms with Crippen molar-refractivity contribution in [1.82, 2.24) is 0 Å². The number of halogens is 1. The number of nitrogens with zero attached hydrogens (tertiary/aromatic N) is 1. The standard InChI is InChI=1S/C13H14FNO/c14-11-5-7-12(8-6-11)16-13-4-2-1-3-10(13)9-15/h5-8,10,13H,1-4H2. The highest BCUT2D eigenvalue weighted by Gasteiger charge is 2.26. The first-order valence-corrected chi connectivity index (χ1v) is 5.61. The summed E-state index contributed by atoms with van der Waals surface area (Å²) < 4.78 is 18.4. The highest BCUT2D eigenvalue weighted by Crippen LogP contribution is 2.27. The normalized spacial score (nSPS) is 24.8. The maximum Gasteiger partial charge on any atom is 0.123 e. The van der Waals surface area contributed by atoms with E-state index in [1.54, 1.807) is 12.1 Å². The van der Waals surface area contributed by atoms with E-state index < -0.39 is 0 Å². The monoisotopic (exact) mass is 219 g/mol. The molecule has 0 saturated heterocycles. The lowest BCUT2D eigenvalue weighted by atomic mass is 9.87. The van der Waals surface area contributed by atoms with Crippen molar-refractivity contribution < 1.29 is 9.13 Å². The van der Waals surface area contributed by atoms with Crippen LogP contribution < -0.4 is 4.74 Å². The molecule has 0 N–H and O–H groups in total. The average molecular weight is 219 g/mol. The highest BCUT2D eigenvalue weighted by atomic mass is 19.1. The molecule has 2 unspecified atom stereocenters. The molecular formula is C13H14FNO. The van der Waals surface area contributed by atoms with Crippen LogP contribution >= 0.6 is 0 Å². The van der Waals surface area contributed by atoms with Crippen molar-refractivity contribution in [1.29, 1.82) is 5.26 Å². The number of nitriles is 1. The van der Waals surface area contributed by atoms with Gasteiger partial charge in [-0.05, 0) is 43.5 Å². The molecule has 1 aromatic carbocycles. The lowest BCUT2D eigenvalue weighted by molar-refractivity contribution is 0.120. The lowest BCUT2D eigenvalue weighted by Crippen LogP contribution is -2.29. The zero-order chi connectivity index (χ0) is 11.4. The van der Waals surface area contributed by atoms with Gasteiger partial charge < -0.3 is 4.74 Å². The summed E-state index contributed by atoms with van der Waals surface area (Å²) >= 11 is 0. The Kier molecular flexibility index (Phi) is 3.40. The smallest absolute Gasteiger partial charge is 0.123 e. The number of hydrogen-bond donors (Lipinski definition) is 0. The second-order valence-corrected chi connectivity index (χ2v) is 4.13. The predicted octanol–water partition coefficient (Wildman–Crippen LogP) is 3.29. The summed E-state index contributed by atoms with van der Waals surface area (Å²) in [6, 6.07) is 8.25. The SMILES string of the molecule is N#CC1CCCCC1Oc1ccc(F)cc1. The Hall–Kier alpha value is -1.56. The number of benzene rings is 1. The Morgan fingerprint density at radius 2 is 1.88 bits per heavy atom. The Balaban J connectivity index is 2.02. The molecule has 0 aliphatic heterocycles. The molecule has 2 nitrogen and oxygen atoms in total. The van der Waals surface area contributed by atoms with Crippen LogP contribution in [0.3, 0.4) is 0 Å². The summed E-state index contributed by atoms with van der Waals surface area (Å²) in [5.74, 6) is 0.347. The van der Waals surface area contributed by atoms with Gasteiger partial charge in [0.2, 0.25) is 0 Å². The van der Waals surface area contributed by atoms with Crippen molar-refractivity contribution in [3.8, 4) is 11.8 Å². The van der Waals surface area contributed by atoms with Crippen LogP contribution in [0, 0.1) is 23.1 Å². The zero-order valence-electron chi connectivity index (χ0n) is 9.03. The van der Waals surface area contributed by atoms with Crippen molar-refractivity contribution in [2.45, 2.75) is 31.8 Å². The van der Waals surface area contributed by atoms with Crippen LogP contribution in [0.5, 0.6) is 5.75 Å². The fourth-order valence-electron chi connectivity index (χ4n) is 2.07. The van der Waals surface area contributed by atoms with Gasteiger partial charge in [-0.3, -0.25) is 0 Å². The summed E-state index contributed by atoms with van der Waals surface area (Å²) in [6.45, 7) is 0. The first-order chi connectivity index (χ1) is 7.79. The minimum Gasteiger partial charge on any atom is -0.489 e. The maximum atomic E-state index is 12.7. The van der Waals surface area contributed by atoms with Gasteiger partial charge in [0.05, 0.1) is 12.0 Å². The molecule has 1 aliphatic rings. The third kappa shape index (κ3) is 2.52. The van der Waals surface area contributed by atoms with Crippen molar-refractivity contribution >= 4 is 0 Å². The van der Waals surface area contributed by atoms with Crippen LogP contribution in [0.2, 0.25) is 0 Å². The molecule has 1 aromatic rings. The minimum absolute atomic E-state index is 0.0289. The van der Waals surface area contributed by atoms with Crippen LogP contribution in [0.25, 0.3) is 0 Å². The van der Waals surface area contributed by atoms with Crippen molar-refractivity contribution in [2.24, 2.45) is 5.92 Å². The minimum atomic E-state index is -0.271. The van der Waals surface area contributed by atoms with E-state index in [2.05, 4.69) is 6.07 Å². The molecule has 0 bridgehead atoms. The number of hydrogen-bond acceptors (Lipinski definition) is 2. The van der Waals surface area contributed by atoms with Gasteiger partial charge in [-0.25, -0.2) is 4.39 Å². The summed E-state index contributed by atoms with van der Waals surface area (Å²) in [6.07, 6.45) is 3.98. The molecule has 2 atom stereocenters. The van der Waals surface area contributed by atoms with Crippen LogP contribution in [-0.4, -0.2) is 6.10 Å². The molecule has 1 aliphatic carbocycles. The molecule has 3 heteroatoms. The van der Waals surface area contributed by atoms with Gasteiger partial charge in [-0.15, -0.1) is 0 Å². The molecule has 2 rings (SSSR count). The van der Waals surface area contributed by atoms with E-state index >= 15 is 0 Å². The largest absolute Gasteiger partial charge is 0.489 e. The molecule has 1 fully saturated rings. The molecule has 1 saturated carbocycles. The van der Waals surface area contributed by atoms with E-state index in [0.717, 1.165) is 25.7 Å². The molecule has 0 heterocycles. The van der Waals surface area contributed by atoms with Gasteiger partial charge in [-0.2, -0.15) is 5.26 Å². The van der Waals surface area contributed by atoms with Gasteiger partial charge in [0.15, 0.2) is 0 Å². The predicted molar refractivity (Wildman–Crippen MR) is 58.4 cm³/mol. The highest BCUT2D eigenvalue weighted by molar-refractivity contribution is 5.22. The molecule has 0 radical (unpaired) electrons. The Morgan fingerprint density at radius 3 is 2.56 bits per heavy atom. The number of ether oxygens (including phenoxy) is 1. The van der Waals surface area contributed by atoms with Crippen molar-refractivity contribution in [3.05, 3.63) is 30.1 Å². The third-order valence-electron chi connectivity index (χ3n) is 2.97. The van der Waals surface area contributed by atoms with E-state index in [1.807, 2.05) is 0 Å². The maximum absolute atomic E-state index is 12.7. The van der Waals surface area contributed by atoms with Crippen LogP contribution in [-0.2, 0) is 0 Å². The van der Waals surface area contributed by atoms with Gasteiger partial charge in [0, 0.05) is 0 Å². The van der Waals surface area contributed by atoms with E-state index in [0.29, 0.717) is 5.75 Å². The average Bonchev–Trinajstić information content (AvgIpc) is 2.33. The molecule has 0 amide bonds. The number of rotatable bonds is 2. The van der Waals surface area contributed by atoms with Crippen LogP contribution in [0.1, 0.15) is 25.7 Å². The van der Waals surface area contributed by atoms with Gasteiger partial charge in [-0.1, -0.05) is 6.42 Å². The van der Waals surface area contributed by atoms with E-state index in [1.165, 1.54) is 12.1 Å². The Bertz CT molecular complexity index is 382. The summed E-state index contributed by atoms with van der Waals surface area (Å²) in [7, 11) is 0. The molecule has 0 spiro atoms. The molecule has 84 valence electrons. The fraction of sp³-hybridized carbons (Fsp3) is 0.462. The van der Waals surface area contributed by atoms with Crippen molar-refractivity contribution in [3.63, 3.8) is 0 Å². The second kappa shape index (κ2) is 4.98. The first kappa shape index (κ1) is 10.9. The first-order valence-electron chi connectivity index (χ1n) is 5.61. The molecule has 16 heavy (non-hydrogen) atoms. The Labute approximate surface area is 94.7 Å². The fourth-order valence-corrected chi connectivity index (χ4v) is 2.07. The molecular weight excluding hydrogens is 205 g/mol. The third-order valence-corrected chi connectivity index (χ3v) is 2.97. The van der Waals surface area contributed by atoms with Gasteiger partial charge in [0.1, 0.15) is 17.7 Å². The zero-order valence-corrected chi connectivity index (χ0v) is 9.03. The van der Waals surface area contributed by atoms with Crippen LogP contribution in [0.15, 0.2) is 24.3 Å². The quantitative estimate of drug-likeness (QED) is 0.764. The van der Waals surface area contributed by atoms with Crippen molar-refractivity contribution in [2.75, 3.05) is 0 Å². The summed E-state index contributed by atoms with van der Waals surface area (Å²) in [4.78, 5) is 0. The van der Waals surface area contributed by atoms with E-state index in [4.69, 9.17) is 10.00 Å². The van der Waals surface area contributed by atoms with E-state index in [-0.39, 0.29) is 17.8 Å². The second-order valence-electron chi connectivity index (χ2n) is 4.13. The topological polar surface area (TPSA) is 33.0 Å². The van der Waals surface area contributed by atoms with Crippen LogP contribution in [0.4, 0.5) is 4.39 Å². The van der Waals surface area contributed by atoms with Gasteiger partial charge in [0.25, 0.3) is 0 Å². The lowest BCUT2D eigenvalue weighted by Gasteiger charge is -2.27. The Morgan fingerprint density at radius 1 is 1.19 bits per heavy atom. The van der Waals surface area contributed by atoms with Gasteiger partial charge >= 0.3 is 0 Å². The van der Waals surface area contributed by atoms with E-state index in [9.17, 15) is 4.39 Å². The summed E-state index contributed by atoms with van der Waals surface area (Å²) in [5.41, 5.74) is 0.